The molecule has 166 valence electrons. The van der Waals surface area contributed by atoms with Crippen molar-refractivity contribution in [3.05, 3.63) is 29.8 Å². The fourth-order valence-corrected chi connectivity index (χ4v) is 4.10. The predicted molar refractivity (Wildman–Crippen MR) is 114 cm³/mol. The van der Waals surface area contributed by atoms with Gasteiger partial charge in [0.05, 0.1) is 7.11 Å². The minimum Gasteiger partial charge on any atom is -0.484 e. The number of piperidine rings is 1. The lowest BCUT2D eigenvalue weighted by Crippen LogP contribution is -2.52. The fraction of sp³-hybridized carbons (Fsp3) is 0.609. The quantitative estimate of drug-likeness (QED) is 0.655. The van der Waals surface area contributed by atoms with Gasteiger partial charge in [-0.2, -0.15) is 0 Å². The zero-order chi connectivity index (χ0) is 22.3. The predicted octanol–water partition coefficient (Wildman–Crippen LogP) is 3.32. The molecule has 0 saturated carbocycles. The van der Waals surface area contributed by atoms with Crippen molar-refractivity contribution in [3.63, 3.8) is 0 Å². The molecular formula is C23H34N2O5. The van der Waals surface area contributed by atoms with Crippen LogP contribution in [0.15, 0.2) is 24.3 Å². The van der Waals surface area contributed by atoms with E-state index in [9.17, 15) is 14.4 Å². The number of benzene rings is 1. The molecule has 3 unspecified atom stereocenters. The van der Waals surface area contributed by atoms with Crippen LogP contribution in [0.1, 0.15) is 70.2 Å². The van der Waals surface area contributed by atoms with Crippen LogP contribution in [0.25, 0.3) is 0 Å². The molecule has 3 atom stereocenters. The summed E-state index contributed by atoms with van der Waals surface area (Å²) in [5.41, 5.74) is -0.678. The van der Waals surface area contributed by atoms with Crippen LogP contribution in [0, 0.1) is 0 Å². The van der Waals surface area contributed by atoms with Gasteiger partial charge in [-0.3, -0.25) is 9.59 Å². The van der Waals surface area contributed by atoms with E-state index in [0.29, 0.717) is 17.7 Å². The number of hydrogen-bond donors (Lipinski definition) is 1. The summed E-state index contributed by atoms with van der Waals surface area (Å²) in [5.74, 6) is -0.348. The van der Waals surface area contributed by atoms with E-state index in [1.165, 1.54) is 7.11 Å². The molecule has 7 heteroatoms. The maximum absolute atomic E-state index is 12.6. The second-order valence-electron chi connectivity index (χ2n) is 8.27. The Labute approximate surface area is 179 Å². The number of esters is 1. The van der Waals surface area contributed by atoms with Crippen molar-refractivity contribution in [2.24, 2.45) is 0 Å². The zero-order valence-corrected chi connectivity index (χ0v) is 18.7. The van der Waals surface area contributed by atoms with E-state index in [1.807, 2.05) is 11.8 Å². The number of likely N-dealkylation sites (tertiary alicyclic amines) is 1. The molecule has 1 aliphatic heterocycles. The molecule has 0 aromatic heterocycles. The van der Waals surface area contributed by atoms with Crippen LogP contribution in [0.4, 0.5) is 0 Å². The topological polar surface area (TPSA) is 84.9 Å². The Morgan fingerprint density at radius 2 is 1.73 bits per heavy atom. The van der Waals surface area contributed by atoms with Crippen LogP contribution >= 0.6 is 0 Å². The van der Waals surface area contributed by atoms with Crippen molar-refractivity contribution in [3.8, 4) is 5.75 Å². The van der Waals surface area contributed by atoms with Gasteiger partial charge in [-0.25, -0.2) is 4.79 Å². The Balaban J connectivity index is 1.96. The lowest BCUT2D eigenvalue weighted by Gasteiger charge is -2.38. The minimum absolute atomic E-state index is 0.0232. The summed E-state index contributed by atoms with van der Waals surface area (Å²) in [6.45, 7) is 7.71. The Morgan fingerprint density at radius 3 is 2.27 bits per heavy atom. The molecule has 1 saturated heterocycles. The molecule has 2 rings (SSSR count). The standard InChI is InChI=1S/C23H34N2O5/c1-6-14-23(4,22(28)29-5)24-21(27)18-10-12-19(13-11-18)30-15-20(26)25-16(2)8-7-9-17(25)3/h10-13,16-17H,6-9,14-15H2,1-5H3,(H,24,27). The number of ether oxygens (including phenoxy) is 2. The first-order valence-electron chi connectivity index (χ1n) is 10.7. The Kier molecular flexibility index (Phi) is 8.26. The maximum atomic E-state index is 12.6. The molecule has 0 spiro atoms. The molecule has 1 aliphatic rings. The second-order valence-corrected chi connectivity index (χ2v) is 8.27. The number of rotatable bonds is 8. The highest BCUT2D eigenvalue weighted by Gasteiger charge is 2.35. The highest BCUT2D eigenvalue weighted by Crippen LogP contribution is 2.23. The van der Waals surface area contributed by atoms with Gasteiger partial charge < -0.3 is 19.7 Å². The number of amides is 2. The monoisotopic (exact) mass is 418 g/mol. The Hall–Kier alpha value is -2.57. The largest absolute Gasteiger partial charge is 0.484 e. The summed E-state index contributed by atoms with van der Waals surface area (Å²) in [5, 5.41) is 2.77. The first-order valence-corrected chi connectivity index (χ1v) is 10.7. The van der Waals surface area contributed by atoms with E-state index in [-0.39, 0.29) is 30.5 Å². The van der Waals surface area contributed by atoms with Crippen LogP contribution in [0.5, 0.6) is 5.75 Å². The first-order chi connectivity index (χ1) is 14.2. The summed E-state index contributed by atoms with van der Waals surface area (Å²) >= 11 is 0. The third-order valence-electron chi connectivity index (χ3n) is 5.74. The third-order valence-corrected chi connectivity index (χ3v) is 5.74. The number of nitrogens with one attached hydrogen (secondary N) is 1. The second kappa shape index (κ2) is 10.5. The Morgan fingerprint density at radius 1 is 1.13 bits per heavy atom. The lowest BCUT2D eigenvalue weighted by molar-refractivity contribution is -0.147. The van der Waals surface area contributed by atoms with E-state index in [2.05, 4.69) is 19.2 Å². The summed E-state index contributed by atoms with van der Waals surface area (Å²) in [6.07, 6.45) is 4.37. The van der Waals surface area contributed by atoms with Gasteiger partial charge in [0.25, 0.3) is 11.8 Å². The number of nitrogens with zero attached hydrogens (tertiary/aromatic N) is 1. The van der Waals surface area contributed by atoms with E-state index in [0.717, 1.165) is 25.7 Å². The van der Waals surface area contributed by atoms with Gasteiger partial charge in [0.15, 0.2) is 6.61 Å². The van der Waals surface area contributed by atoms with Crippen LogP contribution in [-0.4, -0.2) is 54.0 Å². The minimum atomic E-state index is -1.08. The summed E-state index contributed by atoms with van der Waals surface area (Å²) in [7, 11) is 1.31. The number of carbonyl (C=O) groups is 3. The van der Waals surface area contributed by atoms with E-state index < -0.39 is 11.5 Å². The van der Waals surface area contributed by atoms with Crippen LogP contribution < -0.4 is 10.1 Å². The first kappa shape index (κ1) is 23.7. The fourth-order valence-electron chi connectivity index (χ4n) is 4.10. The molecular weight excluding hydrogens is 384 g/mol. The summed E-state index contributed by atoms with van der Waals surface area (Å²) in [6, 6.07) is 6.99. The number of methoxy groups -OCH3 is 1. The molecule has 1 heterocycles. The Bertz CT molecular complexity index is 738. The molecule has 7 nitrogen and oxygen atoms in total. The van der Waals surface area contributed by atoms with E-state index >= 15 is 0 Å². The third kappa shape index (κ3) is 5.74. The average Bonchev–Trinajstić information content (AvgIpc) is 2.72. The highest BCUT2D eigenvalue weighted by atomic mass is 16.5. The average molecular weight is 419 g/mol. The van der Waals surface area contributed by atoms with Crippen LogP contribution in [-0.2, 0) is 14.3 Å². The normalized spacial score (nSPS) is 20.8. The number of hydrogen-bond acceptors (Lipinski definition) is 5. The van der Waals surface area contributed by atoms with Gasteiger partial charge in [0.1, 0.15) is 11.3 Å². The summed E-state index contributed by atoms with van der Waals surface area (Å²) in [4.78, 5) is 39.1. The molecule has 0 aliphatic carbocycles. The SMILES string of the molecule is CCCC(C)(NC(=O)c1ccc(OCC(=O)N2C(C)CCCC2C)cc1)C(=O)OC. The molecule has 0 radical (unpaired) electrons. The van der Waals surface area contributed by atoms with E-state index in [1.54, 1.807) is 31.2 Å². The maximum Gasteiger partial charge on any atom is 0.331 e. The smallest absolute Gasteiger partial charge is 0.331 e. The lowest BCUT2D eigenvalue weighted by atomic mass is 9.95. The van der Waals surface area contributed by atoms with Crippen molar-refractivity contribution in [1.29, 1.82) is 0 Å². The molecule has 0 bridgehead atoms. The molecule has 1 fully saturated rings. The van der Waals surface area contributed by atoms with Gasteiger partial charge in [-0.15, -0.1) is 0 Å². The summed E-state index contributed by atoms with van der Waals surface area (Å²) < 4.78 is 10.5. The van der Waals surface area contributed by atoms with Gasteiger partial charge in [-0.05, 0) is 70.7 Å². The van der Waals surface area contributed by atoms with Crippen LogP contribution in [0.3, 0.4) is 0 Å². The zero-order valence-electron chi connectivity index (χ0n) is 18.7. The molecule has 1 aromatic rings. The van der Waals surface area contributed by atoms with Crippen molar-refractivity contribution >= 4 is 17.8 Å². The van der Waals surface area contributed by atoms with Crippen LogP contribution in [0.2, 0.25) is 0 Å². The van der Waals surface area contributed by atoms with E-state index in [4.69, 9.17) is 9.47 Å². The van der Waals surface area contributed by atoms with Gasteiger partial charge in [0, 0.05) is 17.6 Å². The van der Waals surface area contributed by atoms with Gasteiger partial charge in [0.2, 0.25) is 0 Å². The van der Waals surface area contributed by atoms with Crippen molar-refractivity contribution in [2.75, 3.05) is 13.7 Å². The molecule has 2 amide bonds. The highest BCUT2D eigenvalue weighted by molar-refractivity contribution is 5.98. The van der Waals surface area contributed by atoms with Crippen molar-refractivity contribution in [1.82, 2.24) is 10.2 Å². The molecule has 1 N–H and O–H groups in total. The van der Waals surface area contributed by atoms with Gasteiger partial charge in [-0.1, -0.05) is 13.3 Å². The van der Waals surface area contributed by atoms with Gasteiger partial charge >= 0.3 is 5.97 Å². The molecule has 30 heavy (non-hydrogen) atoms. The number of carbonyl (C=O) groups excluding carboxylic acids is 3. The van der Waals surface area contributed by atoms with Crippen molar-refractivity contribution < 1.29 is 23.9 Å². The van der Waals surface area contributed by atoms with Crippen molar-refractivity contribution in [2.45, 2.75) is 77.4 Å². The molecule has 1 aromatic carbocycles.